The average molecular weight is 350 g/mol. The van der Waals surface area contributed by atoms with Crippen LogP contribution in [0.25, 0.3) is 0 Å². The van der Waals surface area contributed by atoms with Gasteiger partial charge in [0.1, 0.15) is 12.1 Å². The van der Waals surface area contributed by atoms with Crippen molar-refractivity contribution in [2.24, 2.45) is 11.5 Å². The Morgan fingerprint density at radius 2 is 1.68 bits per heavy atom. The molecular formula is C16H22N4O5. The van der Waals surface area contributed by atoms with Crippen molar-refractivity contribution in [1.29, 1.82) is 0 Å². The Labute approximate surface area is 144 Å². The van der Waals surface area contributed by atoms with Gasteiger partial charge in [-0.15, -0.1) is 0 Å². The number of carboxylic acid groups (broad SMARTS) is 1. The number of hydrogen-bond acceptors (Lipinski definition) is 5. The monoisotopic (exact) mass is 350 g/mol. The van der Waals surface area contributed by atoms with E-state index in [1.54, 1.807) is 30.3 Å². The first-order chi connectivity index (χ1) is 11.8. The summed E-state index contributed by atoms with van der Waals surface area (Å²) in [5.41, 5.74) is 11.0. The fraction of sp³-hybridized carbons (Fsp3) is 0.375. The Morgan fingerprint density at radius 1 is 1.04 bits per heavy atom. The molecule has 2 atom stereocenters. The van der Waals surface area contributed by atoms with Gasteiger partial charge < -0.3 is 27.2 Å². The molecule has 2 unspecified atom stereocenters. The van der Waals surface area contributed by atoms with Gasteiger partial charge in [-0.3, -0.25) is 14.4 Å². The summed E-state index contributed by atoms with van der Waals surface area (Å²) in [4.78, 5) is 46.0. The van der Waals surface area contributed by atoms with E-state index in [1.165, 1.54) is 0 Å². The van der Waals surface area contributed by atoms with E-state index in [0.717, 1.165) is 5.56 Å². The van der Waals surface area contributed by atoms with Crippen LogP contribution in [0.4, 0.5) is 0 Å². The predicted molar refractivity (Wildman–Crippen MR) is 89.1 cm³/mol. The van der Waals surface area contributed by atoms with E-state index in [1.807, 2.05) is 0 Å². The molecule has 0 aliphatic heterocycles. The first kappa shape index (κ1) is 20.1. The van der Waals surface area contributed by atoms with Gasteiger partial charge in [-0.2, -0.15) is 0 Å². The van der Waals surface area contributed by atoms with E-state index in [0.29, 0.717) is 0 Å². The van der Waals surface area contributed by atoms with Gasteiger partial charge in [0.15, 0.2) is 0 Å². The quantitative estimate of drug-likeness (QED) is 0.345. The summed E-state index contributed by atoms with van der Waals surface area (Å²) in [6.07, 6.45) is -0.157. The molecule has 7 N–H and O–H groups in total. The minimum atomic E-state index is -1.29. The molecule has 0 spiro atoms. The van der Waals surface area contributed by atoms with Crippen molar-refractivity contribution < 1.29 is 24.3 Å². The zero-order valence-corrected chi connectivity index (χ0v) is 13.6. The van der Waals surface area contributed by atoms with Gasteiger partial charge in [-0.1, -0.05) is 30.3 Å². The van der Waals surface area contributed by atoms with Gasteiger partial charge >= 0.3 is 5.97 Å². The standard InChI is InChI=1S/C16H22N4O5/c17-9-14(22)19-12(8-10-4-2-1-3-5-10)15(23)20-11(16(24)25)6-7-13(18)21/h1-5,11-12H,6-9,17H2,(H2,18,21)(H,19,22)(H,20,23)(H,24,25). The molecule has 9 heteroatoms. The van der Waals surface area contributed by atoms with Gasteiger partial charge in [-0.25, -0.2) is 4.79 Å². The fourth-order valence-corrected chi connectivity index (χ4v) is 2.13. The molecule has 25 heavy (non-hydrogen) atoms. The molecule has 0 aromatic heterocycles. The lowest BCUT2D eigenvalue weighted by Crippen LogP contribution is -2.53. The van der Waals surface area contributed by atoms with Crippen LogP contribution >= 0.6 is 0 Å². The normalized spacial score (nSPS) is 12.7. The average Bonchev–Trinajstić information content (AvgIpc) is 2.58. The second kappa shape index (κ2) is 10.0. The SMILES string of the molecule is NCC(=O)NC(Cc1ccccc1)C(=O)NC(CCC(N)=O)C(=O)O. The molecule has 0 radical (unpaired) electrons. The molecule has 0 heterocycles. The summed E-state index contributed by atoms with van der Waals surface area (Å²) >= 11 is 0. The number of primary amides is 1. The van der Waals surface area contributed by atoms with Gasteiger partial charge in [0.2, 0.25) is 17.7 Å². The summed E-state index contributed by atoms with van der Waals surface area (Å²) in [6, 6.07) is 6.64. The van der Waals surface area contributed by atoms with Crippen LogP contribution in [0.5, 0.6) is 0 Å². The third kappa shape index (κ3) is 7.44. The van der Waals surface area contributed by atoms with E-state index in [4.69, 9.17) is 16.6 Å². The highest BCUT2D eigenvalue weighted by atomic mass is 16.4. The minimum absolute atomic E-state index is 0.140. The summed E-state index contributed by atoms with van der Waals surface area (Å²) in [5, 5.41) is 13.9. The van der Waals surface area contributed by atoms with Crippen molar-refractivity contribution in [3.63, 3.8) is 0 Å². The highest BCUT2D eigenvalue weighted by molar-refractivity contribution is 5.91. The van der Waals surface area contributed by atoms with E-state index < -0.39 is 35.8 Å². The smallest absolute Gasteiger partial charge is 0.326 e. The summed E-state index contributed by atoms with van der Waals surface area (Å²) < 4.78 is 0. The second-order valence-electron chi connectivity index (χ2n) is 5.42. The van der Waals surface area contributed by atoms with Gasteiger partial charge in [0.05, 0.1) is 6.54 Å². The van der Waals surface area contributed by atoms with Crippen LogP contribution in [0, 0.1) is 0 Å². The third-order valence-corrected chi connectivity index (χ3v) is 3.41. The number of hydrogen-bond donors (Lipinski definition) is 5. The van der Waals surface area contributed by atoms with Crippen LogP contribution in [0.15, 0.2) is 30.3 Å². The van der Waals surface area contributed by atoms with Crippen molar-refractivity contribution >= 4 is 23.7 Å². The number of amides is 3. The van der Waals surface area contributed by atoms with Gasteiger partial charge in [0.25, 0.3) is 0 Å². The summed E-state index contributed by atoms with van der Waals surface area (Å²) in [6.45, 7) is -0.303. The van der Waals surface area contributed by atoms with Crippen LogP contribution in [0.2, 0.25) is 0 Å². The van der Waals surface area contributed by atoms with Gasteiger partial charge in [0, 0.05) is 12.8 Å². The highest BCUT2D eigenvalue weighted by Crippen LogP contribution is 2.05. The molecule has 0 bridgehead atoms. The number of rotatable bonds is 10. The number of nitrogens with two attached hydrogens (primary N) is 2. The third-order valence-electron chi connectivity index (χ3n) is 3.41. The Bertz CT molecular complexity index is 620. The first-order valence-electron chi connectivity index (χ1n) is 7.68. The topological polar surface area (TPSA) is 165 Å². The number of carbonyl (C=O) groups is 4. The Kier molecular flexibility index (Phi) is 8.07. The lowest BCUT2D eigenvalue weighted by Gasteiger charge is -2.21. The number of aliphatic carboxylic acids is 1. The lowest BCUT2D eigenvalue weighted by molar-refractivity contribution is -0.142. The molecule has 1 rings (SSSR count). The van der Waals surface area contributed by atoms with Crippen molar-refractivity contribution in [3.8, 4) is 0 Å². The predicted octanol–water partition coefficient (Wildman–Crippen LogP) is -1.49. The zero-order valence-electron chi connectivity index (χ0n) is 13.6. The van der Waals surface area contributed by atoms with Crippen LogP contribution < -0.4 is 22.1 Å². The zero-order chi connectivity index (χ0) is 18.8. The molecule has 0 saturated carbocycles. The maximum absolute atomic E-state index is 12.4. The summed E-state index contributed by atoms with van der Waals surface area (Å²) in [5.74, 6) is -3.18. The number of nitrogens with one attached hydrogen (secondary N) is 2. The maximum Gasteiger partial charge on any atom is 0.326 e. The number of carboxylic acids is 1. The molecule has 0 saturated heterocycles. The molecule has 1 aromatic carbocycles. The van der Waals surface area contributed by atoms with Gasteiger partial charge in [-0.05, 0) is 12.0 Å². The van der Waals surface area contributed by atoms with E-state index in [2.05, 4.69) is 10.6 Å². The first-order valence-corrected chi connectivity index (χ1v) is 7.68. The molecule has 0 fully saturated rings. The Hall–Kier alpha value is -2.94. The molecular weight excluding hydrogens is 328 g/mol. The Morgan fingerprint density at radius 3 is 2.20 bits per heavy atom. The van der Waals surface area contributed by atoms with Crippen molar-refractivity contribution in [2.45, 2.75) is 31.3 Å². The molecule has 1 aromatic rings. The van der Waals surface area contributed by atoms with Crippen molar-refractivity contribution in [1.82, 2.24) is 10.6 Å². The fourth-order valence-electron chi connectivity index (χ4n) is 2.13. The maximum atomic E-state index is 12.4. The number of carbonyl (C=O) groups excluding carboxylic acids is 3. The molecule has 0 aliphatic rings. The second-order valence-corrected chi connectivity index (χ2v) is 5.42. The molecule has 0 aliphatic carbocycles. The molecule has 3 amide bonds. The van der Waals surface area contributed by atoms with E-state index >= 15 is 0 Å². The number of benzene rings is 1. The van der Waals surface area contributed by atoms with Crippen molar-refractivity contribution in [2.75, 3.05) is 6.54 Å². The van der Waals surface area contributed by atoms with Crippen LogP contribution in [-0.2, 0) is 25.6 Å². The largest absolute Gasteiger partial charge is 0.480 e. The van der Waals surface area contributed by atoms with Crippen LogP contribution in [-0.4, -0.2) is 47.4 Å². The van der Waals surface area contributed by atoms with E-state index in [-0.39, 0.29) is 25.8 Å². The van der Waals surface area contributed by atoms with Crippen LogP contribution in [0.1, 0.15) is 18.4 Å². The minimum Gasteiger partial charge on any atom is -0.480 e. The van der Waals surface area contributed by atoms with Crippen LogP contribution in [0.3, 0.4) is 0 Å². The van der Waals surface area contributed by atoms with E-state index in [9.17, 15) is 19.2 Å². The van der Waals surface area contributed by atoms with Crippen molar-refractivity contribution in [3.05, 3.63) is 35.9 Å². The summed E-state index contributed by atoms with van der Waals surface area (Å²) in [7, 11) is 0. The molecule has 136 valence electrons. The molecule has 9 nitrogen and oxygen atoms in total. The lowest BCUT2D eigenvalue weighted by atomic mass is 10.0. The highest BCUT2D eigenvalue weighted by Gasteiger charge is 2.26. The Balaban J connectivity index is 2.83.